The first kappa shape index (κ1) is 34.8. The minimum atomic E-state index is -0.523. The minimum Gasteiger partial charge on any atom is -0.457 e. The smallest absolute Gasteiger partial charge is 0.373 e. The van der Waals surface area contributed by atoms with Gasteiger partial charge in [0.05, 0.1) is 0 Å². The molecule has 0 spiro atoms. The number of rotatable bonds is 12. The Balaban J connectivity index is 0.00000220. The van der Waals surface area contributed by atoms with Gasteiger partial charge in [-0.2, -0.15) is 19.2 Å². The van der Waals surface area contributed by atoms with Crippen molar-refractivity contribution in [2.45, 2.75) is 68.7 Å². The van der Waals surface area contributed by atoms with E-state index in [4.69, 9.17) is 23.9 Å². The van der Waals surface area contributed by atoms with Gasteiger partial charge in [-0.05, 0) is 37.1 Å². The third kappa shape index (κ3) is 13.3. The lowest BCUT2D eigenvalue weighted by molar-refractivity contribution is -0.193. The second-order valence-corrected chi connectivity index (χ2v) is 9.17. The maximum absolute atomic E-state index is 12.8. The molecule has 0 radical (unpaired) electrons. The number of benzene rings is 2. The topological polar surface area (TPSA) is 158 Å². The predicted octanol–water partition coefficient (Wildman–Crippen LogP) is 4.07. The number of ketones is 2. The SMILES string of the molecule is CCC(=O)OCC(=O)c1ccc(Sc2ccc(C(=O)CC(CC)(CC)NC(C)=O)cc2)cc1.O=C=O.O=C=O. The summed E-state index contributed by atoms with van der Waals surface area (Å²) in [4.78, 5) is 82.1. The first-order chi connectivity index (χ1) is 18.5. The van der Waals surface area contributed by atoms with Crippen LogP contribution >= 0.6 is 11.8 Å². The van der Waals surface area contributed by atoms with E-state index in [1.165, 1.54) is 18.7 Å². The Bertz CT molecular complexity index is 1150. The van der Waals surface area contributed by atoms with Gasteiger partial charge in [-0.25, -0.2) is 0 Å². The molecule has 39 heavy (non-hydrogen) atoms. The highest BCUT2D eigenvalue weighted by Crippen LogP contribution is 2.29. The number of nitrogens with one attached hydrogen (secondary N) is 1. The van der Waals surface area contributed by atoms with Crippen molar-refractivity contribution in [3.05, 3.63) is 59.7 Å². The highest BCUT2D eigenvalue weighted by atomic mass is 32.2. The molecule has 1 amide bonds. The molecule has 0 aliphatic carbocycles. The molecule has 0 fully saturated rings. The summed E-state index contributed by atoms with van der Waals surface area (Å²) < 4.78 is 4.89. The molecule has 0 saturated heterocycles. The van der Waals surface area contributed by atoms with Crippen molar-refractivity contribution in [3.8, 4) is 0 Å². The van der Waals surface area contributed by atoms with Gasteiger partial charge >= 0.3 is 18.3 Å². The van der Waals surface area contributed by atoms with Crippen LogP contribution in [0.3, 0.4) is 0 Å². The highest BCUT2D eigenvalue weighted by molar-refractivity contribution is 7.99. The highest BCUT2D eigenvalue weighted by Gasteiger charge is 2.30. The van der Waals surface area contributed by atoms with Gasteiger partial charge < -0.3 is 10.1 Å². The number of hydrogen-bond acceptors (Lipinski definition) is 10. The number of esters is 1. The Hall–Kier alpha value is -4.17. The Morgan fingerprint density at radius 2 is 1.18 bits per heavy atom. The molecule has 10 nitrogen and oxygen atoms in total. The summed E-state index contributed by atoms with van der Waals surface area (Å²) in [6, 6.07) is 14.5. The number of carbonyl (C=O) groups excluding carboxylic acids is 8. The van der Waals surface area contributed by atoms with E-state index in [9.17, 15) is 19.2 Å². The standard InChI is InChI=1S/C26H31NO5S.2CO2/c1-5-25(31)32-17-24(30)20-10-14-22(15-11-20)33-21-12-8-19(9-13-21)23(29)16-26(6-2,7-3)27-18(4)28;2*2-1-3/h8-15H,5-7,16-17H2,1-4H3,(H,27,28);;. The number of ether oxygens (including phenoxy) is 1. The second-order valence-electron chi connectivity index (χ2n) is 8.02. The second kappa shape index (κ2) is 19.0. The van der Waals surface area contributed by atoms with E-state index in [0.717, 1.165) is 9.79 Å². The average molecular weight is 558 g/mol. The Labute approximate surface area is 230 Å². The third-order valence-corrected chi connectivity index (χ3v) is 6.55. The van der Waals surface area contributed by atoms with Gasteiger partial charge in [-0.1, -0.05) is 56.8 Å². The molecule has 0 bridgehead atoms. The molecule has 0 heterocycles. The van der Waals surface area contributed by atoms with Gasteiger partial charge in [-0.3, -0.25) is 19.2 Å². The molecule has 2 rings (SSSR count). The zero-order valence-electron chi connectivity index (χ0n) is 22.2. The van der Waals surface area contributed by atoms with Crippen LogP contribution < -0.4 is 5.32 Å². The molecule has 0 aromatic heterocycles. The number of Topliss-reactive ketones (excluding diaryl/α,β-unsaturated/α-hetero) is 2. The van der Waals surface area contributed by atoms with Gasteiger partial charge in [-0.15, -0.1) is 0 Å². The zero-order valence-corrected chi connectivity index (χ0v) is 23.1. The lowest BCUT2D eigenvalue weighted by Gasteiger charge is -2.32. The Morgan fingerprint density at radius 1 is 0.769 bits per heavy atom. The van der Waals surface area contributed by atoms with Crippen molar-refractivity contribution >= 4 is 47.5 Å². The molecule has 0 aliphatic rings. The molecule has 2 aromatic rings. The van der Waals surface area contributed by atoms with E-state index in [0.29, 0.717) is 24.0 Å². The van der Waals surface area contributed by atoms with Crippen LogP contribution in [0.15, 0.2) is 58.3 Å². The lowest BCUT2D eigenvalue weighted by atomic mass is 9.85. The van der Waals surface area contributed by atoms with Crippen molar-refractivity contribution in [3.63, 3.8) is 0 Å². The van der Waals surface area contributed by atoms with Crippen LogP contribution in [0.25, 0.3) is 0 Å². The zero-order chi connectivity index (χ0) is 29.8. The molecule has 1 N–H and O–H groups in total. The van der Waals surface area contributed by atoms with Gasteiger partial charge in [0, 0.05) is 46.2 Å². The first-order valence-corrected chi connectivity index (χ1v) is 12.7. The van der Waals surface area contributed by atoms with Crippen molar-refractivity contribution in [2.75, 3.05) is 6.61 Å². The normalized spacial score (nSPS) is 9.74. The fourth-order valence-electron chi connectivity index (χ4n) is 3.39. The lowest BCUT2D eigenvalue weighted by Crippen LogP contribution is -2.48. The van der Waals surface area contributed by atoms with E-state index < -0.39 is 11.5 Å². The van der Waals surface area contributed by atoms with E-state index in [1.54, 1.807) is 31.2 Å². The predicted molar refractivity (Wildman–Crippen MR) is 139 cm³/mol. The molecular formula is C28H31NO9S. The van der Waals surface area contributed by atoms with E-state index in [2.05, 4.69) is 5.32 Å². The van der Waals surface area contributed by atoms with Crippen LogP contribution in [0.1, 0.15) is 74.1 Å². The summed E-state index contributed by atoms with van der Waals surface area (Å²) in [6.45, 7) is 6.84. The largest absolute Gasteiger partial charge is 0.457 e. The number of amides is 1. The van der Waals surface area contributed by atoms with Gasteiger partial charge in [0.1, 0.15) is 0 Å². The molecule has 11 heteroatoms. The third-order valence-electron chi connectivity index (χ3n) is 5.53. The minimum absolute atomic E-state index is 0.00404. The van der Waals surface area contributed by atoms with Crippen LogP contribution in [0, 0.1) is 0 Å². The van der Waals surface area contributed by atoms with Crippen LogP contribution in [-0.4, -0.2) is 47.9 Å². The number of hydrogen-bond donors (Lipinski definition) is 1. The average Bonchev–Trinajstić information content (AvgIpc) is 2.92. The first-order valence-electron chi connectivity index (χ1n) is 11.9. The molecule has 0 unspecified atom stereocenters. The van der Waals surface area contributed by atoms with E-state index >= 15 is 0 Å². The molecule has 2 aromatic carbocycles. The quantitative estimate of drug-likeness (QED) is 0.298. The van der Waals surface area contributed by atoms with E-state index in [1.807, 2.05) is 38.1 Å². The van der Waals surface area contributed by atoms with Crippen molar-refractivity contribution in [2.24, 2.45) is 0 Å². The van der Waals surface area contributed by atoms with Crippen LogP contribution in [0.4, 0.5) is 0 Å². The van der Waals surface area contributed by atoms with E-state index in [-0.39, 0.29) is 49.2 Å². The van der Waals surface area contributed by atoms with Crippen LogP contribution in [0.5, 0.6) is 0 Å². The van der Waals surface area contributed by atoms with Crippen molar-refractivity contribution in [1.82, 2.24) is 5.32 Å². The molecule has 208 valence electrons. The van der Waals surface area contributed by atoms with Gasteiger partial charge in [0.15, 0.2) is 18.2 Å². The summed E-state index contributed by atoms with van der Waals surface area (Å²) in [6.07, 6.45) is 2.36. The summed E-state index contributed by atoms with van der Waals surface area (Å²) in [7, 11) is 0. The van der Waals surface area contributed by atoms with Crippen LogP contribution in [0.2, 0.25) is 0 Å². The van der Waals surface area contributed by atoms with Gasteiger partial charge in [0.2, 0.25) is 5.91 Å². The maximum atomic E-state index is 12.8. The summed E-state index contributed by atoms with van der Waals surface area (Å²) >= 11 is 1.52. The summed E-state index contributed by atoms with van der Waals surface area (Å²) in [5.74, 6) is -0.781. The molecule has 0 aliphatic heterocycles. The molecule has 0 saturated carbocycles. The fourth-order valence-corrected chi connectivity index (χ4v) is 4.21. The maximum Gasteiger partial charge on any atom is 0.373 e. The van der Waals surface area contributed by atoms with Crippen LogP contribution in [-0.2, 0) is 33.5 Å². The summed E-state index contributed by atoms with van der Waals surface area (Å²) in [5.41, 5.74) is 0.571. The summed E-state index contributed by atoms with van der Waals surface area (Å²) in [5, 5.41) is 2.95. The van der Waals surface area contributed by atoms with Gasteiger partial charge in [0.25, 0.3) is 0 Å². The Kier molecular flexibility index (Phi) is 17.0. The molecular weight excluding hydrogens is 526 g/mol. The Morgan fingerprint density at radius 3 is 1.54 bits per heavy atom. The van der Waals surface area contributed by atoms with Crippen molar-refractivity contribution < 1.29 is 43.1 Å². The van der Waals surface area contributed by atoms with Crippen molar-refractivity contribution in [1.29, 1.82) is 0 Å². The number of carbonyl (C=O) groups is 4. The monoisotopic (exact) mass is 557 g/mol. The fraction of sp³-hybridized carbons (Fsp3) is 0.357. The molecule has 0 atom stereocenters.